The van der Waals surface area contributed by atoms with Gasteiger partial charge in [-0.15, -0.1) is 0 Å². The molecule has 1 aliphatic heterocycles. The first-order valence-electron chi connectivity index (χ1n) is 9.13. The molecule has 2 amide bonds. The summed E-state index contributed by atoms with van der Waals surface area (Å²) in [7, 11) is 1.60. The predicted octanol–water partition coefficient (Wildman–Crippen LogP) is 4.57. The highest BCUT2D eigenvalue weighted by molar-refractivity contribution is 14.1. The van der Waals surface area contributed by atoms with Crippen molar-refractivity contribution in [2.75, 3.05) is 25.5 Å². The Labute approximate surface area is 173 Å². The summed E-state index contributed by atoms with van der Waals surface area (Å²) in [5, 5.41) is 2.88. The average molecular weight is 478 g/mol. The molecule has 5 nitrogen and oxygen atoms in total. The molecule has 0 saturated carbocycles. The van der Waals surface area contributed by atoms with E-state index >= 15 is 0 Å². The van der Waals surface area contributed by atoms with Crippen LogP contribution in [-0.4, -0.2) is 36.9 Å². The number of hydrogen-bond acceptors (Lipinski definition) is 3. The number of amides is 2. The standard InChI is InChI=1S/C21H23IN2O3/c1-27-19-10-9-15(14-18(19)22)20(25)23-17-8-6-7-16(13-17)21(26)24-11-4-2-3-5-12-24/h6-10,13-14H,2-5,11-12H2,1H3,(H,23,25). The van der Waals surface area contributed by atoms with Crippen molar-refractivity contribution in [2.45, 2.75) is 25.7 Å². The molecule has 2 aromatic carbocycles. The van der Waals surface area contributed by atoms with Crippen LogP contribution in [0.2, 0.25) is 0 Å². The van der Waals surface area contributed by atoms with Crippen molar-refractivity contribution in [1.29, 1.82) is 0 Å². The van der Waals surface area contributed by atoms with Crippen molar-refractivity contribution >= 4 is 40.1 Å². The van der Waals surface area contributed by atoms with Crippen molar-refractivity contribution in [3.8, 4) is 5.75 Å². The highest BCUT2D eigenvalue weighted by atomic mass is 127. The Morgan fingerprint density at radius 2 is 1.74 bits per heavy atom. The van der Waals surface area contributed by atoms with Crippen LogP contribution in [0.1, 0.15) is 46.4 Å². The van der Waals surface area contributed by atoms with E-state index in [0.29, 0.717) is 16.8 Å². The van der Waals surface area contributed by atoms with Gasteiger partial charge in [0.25, 0.3) is 11.8 Å². The van der Waals surface area contributed by atoms with Gasteiger partial charge in [-0.3, -0.25) is 9.59 Å². The first-order chi connectivity index (χ1) is 13.1. The van der Waals surface area contributed by atoms with Gasteiger partial charge >= 0.3 is 0 Å². The lowest BCUT2D eigenvalue weighted by molar-refractivity contribution is 0.0761. The van der Waals surface area contributed by atoms with E-state index in [4.69, 9.17) is 4.74 Å². The Bertz CT molecular complexity index is 830. The van der Waals surface area contributed by atoms with Crippen LogP contribution in [0, 0.1) is 3.57 Å². The summed E-state index contributed by atoms with van der Waals surface area (Å²) in [6, 6.07) is 12.4. The van der Waals surface area contributed by atoms with Crippen molar-refractivity contribution in [1.82, 2.24) is 4.90 Å². The molecule has 0 aliphatic carbocycles. The van der Waals surface area contributed by atoms with Crippen molar-refractivity contribution in [3.05, 3.63) is 57.2 Å². The van der Waals surface area contributed by atoms with Crippen molar-refractivity contribution in [2.24, 2.45) is 0 Å². The van der Waals surface area contributed by atoms with Gasteiger partial charge in [0.15, 0.2) is 0 Å². The fraction of sp³-hybridized carbons (Fsp3) is 0.333. The highest BCUT2D eigenvalue weighted by Gasteiger charge is 2.18. The number of benzene rings is 2. The number of rotatable bonds is 4. The summed E-state index contributed by atoms with van der Waals surface area (Å²) < 4.78 is 6.09. The first-order valence-corrected chi connectivity index (χ1v) is 10.2. The number of anilines is 1. The van der Waals surface area contributed by atoms with E-state index in [1.165, 1.54) is 12.8 Å². The molecule has 1 heterocycles. The zero-order valence-corrected chi connectivity index (χ0v) is 17.5. The summed E-state index contributed by atoms with van der Waals surface area (Å²) in [4.78, 5) is 27.2. The molecule has 1 fully saturated rings. The molecule has 142 valence electrons. The van der Waals surface area contributed by atoms with E-state index in [-0.39, 0.29) is 11.8 Å². The molecule has 0 radical (unpaired) electrons. The molecule has 3 rings (SSSR count). The summed E-state index contributed by atoms with van der Waals surface area (Å²) in [5.74, 6) is 0.555. The monoisotopic (exact) mass is 478 g/mol. The van der Waals surface area contributed by atoms with Crippen LogP contribution in [0.4, 0.5) is 5.69 Å². The van der Waals surface area contributed by atoms with E-state index in [1.807, 2.05) is 4.90 Å². The lowest BCUT2D eigenvalue weighted by atomic mass is 10.1. The topological polar surface area (TPSA) is 58.6 Å². The maximum Gasteiger partial charge on any atom is 0.255 e. The second kappa shape index (κ2) is 9.21. The smallest absolute Gasteiger partial charge is 0.255 e. The lowest BCUT2D eigenvalue weighted by Crippen LogP contribution is -2.31. The zero-order valence-electron chi connectivity index (χ0n) is 15.3. The predicted molar refractivity (Wildman–Crippen MR) is 114 cm³/mol. The highest BCUT2D eigenvalue weighted by Crippen LogP contribution is 2.22. The van der Waals surface area contributed by atoms with Gasteiger partial charge in [-0.25, -0.2) is 0 Å². The fourth-order valence-corrected chi connectivity index (χ4v) is 3.93. The Balaban J connectivity index is 1.72. The maximum atomic E-state index is 12.8. The number of halogens is 1. The van der Waals surface area contributed by atoms with Gasteiger partial charge in [-0.05, 0) is 71.8 Å². The molecule has 6 heteroatoms. The number of nitrogens with one attached hydrogen (secondary N) is 1. The molecule has 0 atom stereocenters. The van der Waals surface area contributed by atoms with Crippen LogP contribution in [0.5, 0.6) is 5.75 Å². The number of nitrogens with zero attached hydrogens (tertiary/aromatic N) is 1. The fourth-order valence-electron chi connectivity index (χ4n) is 3.20. The minimum absolute atomic E-state index is 0.0343. The SMILES string of the molecule is COc1ccc(C(=O)Nc2cccc(C(=O)N3CCCCCC3)c2)cc1I. The molecule has 1 N–H and O–H groups in total. The van der Waals surface area contributed by atoms with Gasteiger partial charge in [0, 0.05) is 29.9 Å². The first kappa shape index (κ1) is 19.7. The molecular formula is C21H23IN2O3. The quantitative estimate of drug-likeness (QED) is 0.656. The van der Waals surface area contributed by atoms with Crippen LogP contribution in [0.15, 0.2) is 42.5 Å². The third-order valence-corrected chi connectivity index (χ3v) is 5.52. The third-order valence-electron chi connectivity index (χ3n) is 4.67. The number of likely N-dealkylation sites (tertiary alicyclic amines) is 1. The Hall–Kier alpha value is -2.09. The van der Waals surface area contributed by atoms with Gasteiger partial charge in [0.1, 0.15) is 5.75 Å². The summed E-state index contributed by atoms with van der Waals surface area (Å²) >= 11 is 2.14. The summed E-state index contributed by atoms with van der Waals surface area (Å²) in [6.45, 7) is 1.61. The number of hydrogen-bond donors (Lipinski definition) is 1. The molecule has 27 heavy (non-hydrogen) atoms. The minimum atomic E-state index is -0.213. The zero-order chi connectivity index (χ0) is 19.2. The van der Waals surface area contributed by atoms with E-state index in [0.717, 1.165) is 35.3 Å². The van der Waals surface area contributed by atoms with E-state index in [1.54, 1.807) is 49.6 Å². The van der Waals surface area contributed by atoms with Crippen LogP contribution >= 0.6 is 22.6 Å². The molecule has 0 unspecified atom stereocenters. The van der Waals surface area contributed by atoms with Crippen molar-refractivity contribution < 1.29 is 14.3 Å². The van der Waals surface area contributed by atoms with Crippen LogP contribution < -0.4 is 10.1 Å². The molecule has 2 aromatic rings. The number of carbonyl (C=O) groups excluding carboxylic acids is 2. The Kier molecular flexibility index (Phi) is 6.71. The van der Waals surface area contributed by atoms with Crippen LogP contribution in [-0.2, 0) is 0 Å². The number of ether oxygens (including phenoxy) is 1. The largest absolute Gasteiger partial charge is 0.496 e. The summed E-state index contributed by atoms with van der Waals surface area (Å²) in [6.07, 6.45) is 4.47. The summed E-state index contributed by atoms with van der Waals surface area (Å²) in [5.41, 5.74) is 1.77. The molecule has 1 aliphatic rings. The van der Waals surface area contributed by atoms with Crippen LogP contribution in [0.3, 0.4) is 0 Å². The lowest BCUT2D eigenvalue weighted by Gasteiger charge is -2.20. The number of methoxy groups -OCH3 is 1. The van der Waals surface area contributed by atoms with Gasteiger partial charge in [0.05, 0.1) is 10.7 Å². The van der Waals surface area contributed by atoms with Gasteiger partial charge in [0.2, 0.25) is 0 Å². The van der Waals surface area contributed by atoms with E-state index in [9.17, 15) is 9.59 Å². The van der Waals surface area contributed by atoms with Crippen molar-refractivity contribution in [3.63, 3.8) is 0 Å². The molecule has 1 saturated heterocycles. The Morgan fingerprint density at radius 1 is 1.00 bits per heavy atom. The Morgan fingerprint density at radius 3 is 2.41 bits per heavy atom. The van der Waals surface area contributed by atoms with Gasteiger partial charge < -0.3 is 15.0 Å². The molecular weight excluding hydrogens is 455 g/mol. The van der Waals surface area contributed by atoms with E-state index in [2.05, 4.69) is 27.9 Å². The van der Waals surface area contributed by atoms with Gasteiger partial charge in [-0.1, -0.05) is 18.9 Å². The average Bonchev–Trinajstić information content (AvgIpc) is 2.97. The normalized spacial score (nSPS) is 14.4. The minimum Gasteiger partial charge on any atom is -0.496 e. The van der Waals surface area contributed by atoms with Gasteiger partial charge in [-0.2, -0.15) is 0 Å². The van der Waals surface area contributed by atoms with E-state index < -0.39 is 0 Å². The second-order valence-electron chi connectivity index (χ2n) is 6.59. The third kappa shape index (κ3) is 5.00. The molecule has 0 spiro atoms. The maximum absolute atomic E-state index is 12.8. The molecule has 0 bridgehead atoms. The van der Waals surface area contributed by atoms with Crippen LogP contribution in [0.25, 0.3) is 0 Å². The molecule has 0 aromatic heterocycles. The second-order valence-corrected chi connectivity index (χ2v) is 7.75. The number of carbonyl (C=O) groups is 2.